The van der Waals surface area contributed by atoms with E-state index in [9.17, 15) is 19.8 Å². The Morgan fingerprint density at radius 3 is 2.56 bits per heavy atom. The predicted octanol–water partition coefficient (Wildman–Crippen LogP) is 3.48. The first-order valence-electron chi connectivity index (χ1n) is 9.74. The van der Waals surface area contributed by atoms with E-state index in [2.05, 4.69) is 6.92 Å². The van der Waals surface area contributed by atoms with Crippen molar-refractivity contribution in [2.24, 2.45) is 11.8 Å². The molecule has 0 bridgehead atoms. The van der Waals surface area contributed by atoms with E-state index in [1.165, 1.54) is 25.7 Å². The van der Waals surface area contributed by atoms with Crippen molar-refractivity contribution in [3.63, 3.8) is 0 Å². The third-order valence-corrected chi connectivity index (χ3v) is 5.05. The van der Waals surface area contributed by atoms with E-state index >= 15 is 0 Å². The molecule has 0 heterocycles. The zero-order chi connectivity index (χ0) is 18.7. The molecular formula is C20H34O5. The van der Waals surface area contributed by atoms with Crippen LogP contribution in [0.3, 0.4) is 0 Å². The van der Waals surface area contributed by atoms with Crippen molar-refractivity contribution in [3.05, 3.63) is 12.2 Å². The molecule has 1 fully saturated rings. The minimum Gasteiger partial charge on any atom is -0.481 e. The Kier molecular flexibility index (Phi) is 10.7. The lowest BCUT2D eigenvalue weighted by Crippen LogP contribution is -2.19. The van der Waals surface area contributed by atoms with Gasteiger partial charge in [-0.3, -0.25) is 9.59 Å². The van der Waals surface area contributed by atoms with Gasteiger partial charge >= 0.3 is 5.97 Å². The quantitative estimate of drug-likeness (QED) is 0.348. The lowest BCUT2D eigenvalue weighted by Gasteiger charge is -2.17. The SMILES string of the molecule is CCCCCCCC[C@H](O)/C=C/[C@H]1[C@H](O)CC(=O)[C@@H]1CCCC(=O)O. The molecule has 0 aromatic carbocycles. The normalized spacial score (nSPS) is 24.9. The average Bonchev–Trinajstić information content (AvgIpc) is 2.82. The maximum Gasteiger partial charge on any atom is 0.303 e. The monoisotopic (exact) mass is 354 g/mol. The van der Waals surface area contributed by atoms with E-state index in [0.29, 0.717) is 19.3 Å². The number of carbonyl (C=O) groups is 2. The number of unbranched alkanes of at least 4 members (excludes halogenated alkanes) is 5. The van der Waals surface area contributed by atoms with Crippen molar-refractivity contribution in [1.82, 2.24) is 0 Å². The summed E-state index contributed by atoms with van der Waals surface area (Å²) in [6, 6.07) is 0. The van der Waals surface area contributed by atoms with Crippen molar-refractivity contribution in [1.29, 1.82) is 0 Å². The highest BCUT2D eigenvalue weighted by Gasteiger charge is 2.39. The molecule has 1 rings (SSSR count). The molecule has 0 saturated heterocycles. The minimum absolute atomic E-state index is 0.00190. The topological polar surface area (TPSA) is 94.8 Å². The van der Waals surface area contributed by atoms with E-state index in [4.69, 9.17) is 5.11 Å². The van der Waals surface area contributed by atoms with Gasteiger partial charge in [-0.15, -0.1) is 0 Å². The molecule has 3 N–H and O–H groups in total. The number of ketones is 1. The zero-order valence-corrected chi connectivity index (χ0v) is 15.4. The number of carboxylic acids is 1. The maximum atomic E-state index is 12.0. The number of aliphatic carboxylic acids is 1. The second-order valence-electron chi connectivity index (χ2n) is 7.22. The first-order valence-corrected chi connectivity index (χ1v) is 9.74. The number of hydrogen-bond donors (Lipinski definition) is 3. The van der Waals surface area contributed by atoms with Crippen molar-refractivity contribution in [3.8, 4) is 0 Å². The average molecular weight is 354 g/mol. The molecule has 0 unspecified atom stereocenters. The number of carboxylic acid groups (broad SMARTS) is 1. The van der Waals surface area contributed by atoms with Crippen LogP contribution in [-0.2, 0) is 9.59 Å². The number of aliphatic hydroxyl groups excluding tert-OH is 2. The molecule has 144 valence electrons. The summed E-state index contributed by atoms with van der Waals surface area (Å²) in [4.78, 5) is 22.6. The van der Waals surface area contributed by atoms with Crippen molar-refractivity contribution in [2.45, 2.75) is 89.8 Å². The highest BCUT2D eigenvalue weighted by molar-refractivity contribution is 5.84. The van der Waals surface area contributed by atoms with Gasteiger partial charge in [0.25, 0.3) is 0 Å². The lowest BCUT2D eigenvalue weighted by atomic mass is 9.88. The molecule has 0 aliphatic heterocycles. The van der Waals surface area contributed by atoms with Crippen LogP contribution < -0.4 is 0 Å². The Hall–Kier alpha value is -1.20. The van der Waals surface area contributed by atoms with Crippen molar-refractivity contribution >= 4 is 11.8 Å². The fourth-order valence-electron chi connectivity index (χ4n) is 3.55. The van der Waals surface area contributed by atoms with Crippen LogP contribution in [0.25, 0.3) is 0 Å². The molecule has 1 aliphatic carbocycles. The predicted molar refractivity (Wildman–Crippen MR) is 97.2 cm³/mol. The van der Waals surface area contributed by atoms with Gasteiger partial charge in [0.05, 0.1) is 12.2 Å². The summed E-state index contributed by atoms with van der Waals surface area (Å²) < 4.78 is 0. The number of hydrogen-bond acceptors (Lipinski definition) is 4. The Labute approximate surface area is 151 Å². The first kappa shape index (κ1) is 21.8. The Morgan fingerprint density at radius 2 is 1.88 bits per heavy atom. The largest absolute Gasteiger partial charge is 0.481 e. The lowest BCUT2D eigenvalue weighted by molar-refractivity contribution is -0.137. The molecule has 1 saturated carbocycles. The highest BCUT2D eigenvalue weighted by atomic mass is 16.4. The summed E-state index contributed by atoms with van der Waals surface area (Å²) in [5, 5.41) is 28.9. The number of rotatable bonds is 13. The summed E-state index contributed by atoms with van der Waals surface area (Å²) in [7, 11) is 0. The molecule has 0 amide bonds. The Morgan fingerprint density at radius 1 is 1.20 bits per heavy atom. The summed E-state index contributed by atoms with van der Waals surface area (Å²) in [6.07, 6.45) is 11.0. The molecule has 4 atom stereocenters. The van der Waals surface area contributed by atoms with Gasteiger partial charge in [0.15, 0.2) is 0 Å². The van der Waals surface area contributed by atoms with Gasteiger partial charge in [-0.05, 0) is 19.3 Å². The van der Waals surface area contributed by atoms with Crippen LogP contribution in [0.1, 0.15) is 77.6 Å². The van der Waals surface area contributed by atoms with Crippen LogP contribution >= 0.6 is 0 Å². The Balaban J connectivity index is 2.38. The van der Waals surface area contributed by atoms with Gasteiger partial charge < -0.3 is 15.3 Å². The van der Waals surface area contributed by atoms with E-state index in [1.54, 1.807) is 12.2 Å². The van der Waals surface area contributed by atoms with Crippen LogP contribution in [0.4, 0.5) is 0 Å². The molecule has 1 aliphatic rings. The molecule has 0 aromatic rings. The van der Waals surface area contributed by atoms with Gasteiger partial charge in [-0.1, -0.05) is 57.6 Å². The molecule has 0 spiro atoms. The van der Waals surface area contributed by atoms with E-state index in [-0.39, 0.29) is 30.5 Å². The van der Waals surface area contributed by atoms with Crippen LogP contribution in [-0.4, -0.2) is 39.3 Å². The molecule has 0 aromatic heterocycles. The fourth-order valence-corrected chi connectivity index (χ4v) is 3.55. The standard InChI is InChI=1S/C20H34O5/c1-2-3-4-5-6-7-9-15(21)12-13-17-16(10-8-11-20(24)25)18(22)14-19(17)23/h12-13,15-17,19,21,23H,2-11,14H2,1H3,(H,24,25)/b13-12+/t15-,16+,17+,19+/m0/s1. The zero-order valence-electron chi connectivity index (χ0n) is 15.4. The third kappa shape index (κ3) is 8.63. The Bertz CT molecular complexity index is 432. The van der Waals surface area contributed by atoms with Crippen molar-refractivity contribution in [2.75, 3.05) is 0 Å². The molecule has 5 heteroatoms. The molecular weight excluding hydrogens is 320 g/mol. The maximum absolute atomic E-state index is 12.0. The first-order chi connectivity index (χ1) is 12.0. The second kappa shape index (κ2) is 12.2. The fraction of sp³-hybridized carbons (Fsp3) is 0.800. The smallest absolute Gasteiger partial charge is 0.303 e. The molecule has 5 nitrogen and oxygen atoms in total. The summed E-state index contributed by atoms with van der Waals surface area (Å²) in [5.74, 6) is -1.50. The van der Waals surface area contributed by atoms with Crippen molar-refractivity contribution < 1.29 is 24.9 Å². The van der Waals surface area contributed by atoms with E-state index in [0.717, 1.165) is 12.8 Å². The van der Waals surface area contributed by atoms with Gasteiger partial charge in [0, 0.05) is 24.7 Å². The molecule has 25 heavy (non-hydrogen) atoms. The molecule has 0 radical (unpaired) electrons. The number of carbonyl (C=O) groups excluding carboxylic acids is 1. The van der Waals surface area contributed by atoms with Crippen LogP contribution in [0, 0.1) is 11.8 Å². The number of aliphatic hydroxyl groups is 2. The van der Waals surface area contributed by atoms with Crippen LogP contribution in [0.15, 0.2) is 12.2 Å². The summed E-state index contributed by atoms with van der Waals surface area (Å²) >= 11 is 0. The van der Waals surface area contributed by atoms with Gasteiger partial charge in [0.2, 0.25) is 0 Å². The van der Waals surface area contributed by atoms with Crippen LogP contribution in [0.5, 0.6) is 0 Å². The summed E-state index contributed by atoms with van der Waals surface area (Å²) in [5.41, 5.74) is 0. The highest BCUT2D eigenvalue weighted by Crippen LogP contribution is 2.34. The van der Waals surface area contributed by atoms with Gasteiger partial charge in [-0.25, -0.2) is 0 Å². The van der Waals surface area contributed by atoms with Gasteiger partial charge in [-0.2, -0.15) is 0 Å². The van der Waals surface area contributed by atoms with Crippen LogP contribution in [0.2, 0.25) is 0 Å². The number of Topliss-reactive ketones (excluding diaryl/α,β-unsaturated/α-hetero) is 1. The van der Waals surface area contributed by atoms with E-state index < -0.39 is 18.2 Å². The third-order valence-electron chi connectivity index (χ3n) is 5.05. The van der Waals surface area contributed by atoms with Gasteiger partial charge in [0.1, 0.15) is 5.78 Å². The summed E-state index contributed by atoms with van der Waals surface area (Å²) in [6.45, 7) is 2.19. The van der Waals surface area contributed by atoms with E-state index in [1.807, 2.05) is 0 Å². The minimum atomic E-state index is -0.868. The second-order valence-corrected chi connectivity index (χ2v) is 7.22.